The van der Waals surface area contributed by atoms with Crippen LogP contribution in [0.1, 0.15) is 5.76 Å². The Morgan fingerprint density at radius 3 is 2.64 bits per heavy atom. The number of nitrogens with zero attached hydrogens (tertiary/aromatic N) is 1. The third kappa shape index (κ3) is 3.47. The van der Waals surface area contributed by atoms with Crippen molar-refractivity contribution >= 4 is 61.3 Å². The fourth-order valence-electron chi connectivity index (χ4n) is 2.74. The van der Waals surface area contributed by atoms with Gasteiger partial charge in [-0.1, -0.05) is 36.1 Å². The SMILES string of the molecule is CNS(=O)(=O)c1ccc(-c2cncc3cc(/C=C4/SC(=S)NC4=O)oc23)cc1. The number of carbonyl (C=O) groups is 1. The molecule has 0 aliphatic carbocycles. The molecule has 142 valence electrons. The minimum absolute atomic E-state index is 0.170. The summed E-state index contributed by atoms with van der Waals surface area (Å²) >= 11 is 6.16. The Labute approximate surface area is 170 Å². The molecule has 0 unspecified atom stereocenters. The number of rotatable bonds is 4. The van der Waals surface area contributed by atoms with Gasteiger partial charge in [0.2, 0.25) is 10.0 Å². The lowest BCUT2D eigenvalue weighted by molar-refractivity contribution is -0.115. The van der Waals surface area contributed by atoms with E-state index in [0.717, 1.165) is 16.5 Å². The highest BCUT2D eigenvalue weighted by Gasteiger charge is 2.23. The molecule has 1 saturated heterocycles. The summed E-state index contributed by atoms with van der Waals surface area (Å²) < 4.78 is 32.4. The van der Waals surface area contributed by atoms with Gasteiger partial charge in [0.05, 0.1) is 9.80 Å². The number of hydrogen-bond acceptors (Lipinski definition) is 7. The minimum atomic E-state index is -3.51. The van der Waals surface area contributed by atoms with Crippen LogP contribution in [0, 0.1) is 0 Å². The second-order valence-electron chi connectivity index (χ2n) is 5.84. The molecule has 1 aliphatic rings. The zero-order chi connectivity index (χ0) is 19.9. The van der Waals surface area contributed by atoms with Crippen LogP contribution >= 0.6 is 24.0 Å². The molecule has 1 aliphatic heterocycles. The van der Waals surface area contributed by atoms with Crippen LogP contribution in [0.4, 0.5) is 0 Å². The maximum Gasteiger partial charge on any atom is 0.263 e. The maximum atomic E-state index is 11.9. The summed E-state index contributed by atoms with van der Waals surface area (Å²) in [5, 5.41) is 3.33. The zero-order valence-corrected chi connectivity index (χ0v) is 16.9. The molecule has 0 bridgehead atoms. The van der Waals surface area contributed by atoms with Crippen LogP contribution in [0.25, 0.3) is 28.2 Å². The molecule has 1 aromatic carbocycles. The van der Waals surface area contributed by atoms with E-state index in [0.29, 0.717) is 20.6 Å². The molecular formula is C18H13N3O4S3. The lowest BCUT2D eigenvalue weighted by Crippen LogP contribution is -2.18. The van der Waals surface area contributed by atoms with Gasteiger partial charge in [-0.3, -0.25) is 9.78 Å². The summed E-state index contributed by atoms with van der Waals surface area (Å²) in [5.74, 6) is 0.246. The number of aromatic nitrogens is 1. The number of nitrogens with one attached hydrogen (secondary N) is 2. The van der Waals surface area contributed by atoms with Crippen molar-refractivity contribution < 1.29 is 17.6 Å². The monoisotopic (exact) mass is 431 g/mol. The van der Waals surface area contributed by atoms with Gasteiger partial charge in [-0.05, 0) is 30.8 Å². The topological polar surface area (TPSA) is 101 Å². The van der Waals surface area contributed by atoms with Crippen molar-refractivity contribution in [3.05, 3.63) is 53.4 Å². The number of benzene rings is 1. The lowest BCUT2D eigenvalue weighted by atomic mass is 10.1. The molecular weight excluding hydrogens is 418 g/mol. The molecule has 1 fully saturated rings. The Morgan fingerprint density at radius 1 is 1.25 bits per heavy atom. The molecule has 2 aromatic heterocycles. The molecule has 0 saturated carbocycles. The number of amides is 1. The predicted molar refractivity (Wildman–Crippen MR) is 112 cm³/mol. The molecule has 10 heteroatoms. The number of thioether (sulfide) groups is 1. The number of sulfonamides is 1. The van der Waals surface area contributed by atoms with Gasteiger partial charge in [-0.25, -0.2) is 13.1 Å². The van der Waals surface area contributed by atoms with Crippen molar-refractivity contribution in [3.8, 4) is 11.1 Å². The van der Waals surface area contributed by atoms with Crippen molar-refractivity contribution in [1.82, 2.24) is 15.0 Å². The quantitative estimate of drug-likeness (QED) is 0.484. The minimum Gasteiger partial charge on any atom is -0.456 e. The van der Waals surface area contributed by atoms with Crippen LogP contribution in [0.15, 0.2) is 56.9 Å². The van der Waals surface area contributed by atoms with E-state index in [1.165, 1.54) is 30.9 Å². The second-order valence-corrected chi connectivity index (χ2v) is 9.44. The van der Waals surface area contributed by atoms with Crippen LogP contribution in [-0.4, -0.2) is 30.7 Å². The van der Waals surface area contributed by atoms with Gasteiger partial charge >= 0.3 is 0 Å². The third-order valence-electron chi connectivity index (χ3n) is 4.10. The maximum absolute atomic E-state index is 11.9. The van der Waals surface area contributed by atoms with E-state index in [1.807, 2.05) is 0 Å². The molecule has 28 heavy (non-hydrogen) atoms. The van der Waals surface area contributed by atoms with Crippen molar-refractivity contribution in [2.45, 2.75) is 4.90 Å². The fourth-order valence-corrected chi connectivity index (χ4v) is 4.50. The highest BCUT2D eigenvalue weighted by molar-refractivity contribution is 8.26. The van der Waals surface area contributed by atoms with Gasteiger partial charge in [-0.2, -0.15) is 0 Å². The lowest BCUT2D eigenvalue weighted by Gasteiger charge is -2.05. The van der Waals surface area contributed by atoms with Gasteiger partial charge in [0.1, 0.15) is 15.7 Å². The van der Waals surface area contributed by atoms with Crippen LogP contribution in [-0.2, 0) is 14.8 Å². The van der Waals surface area contributed by atoms with E-state index in [9.17, 15) is 13.2 Å². The highest BCUT2D eigenvalue weighted by atomic mass is 32.2. The number of pyridine rings is 1. The largest absolute Gasteiger partial charge is 0.456 e. The van der Waals surface area contributed by atoms with Gasteiger partial charge in [0.25, 0.3) is 5.91 Å². The van der Waals surface area contributed by atoms with Crippen molar-refractivity contribution in [1.29, 1.82) is 0 Å². The first kappa shape index (κ1) is 18.8. The molecule has 2 N–H and O–H groups in total. The summed E-state index contributed by atoms with van der Waals surface area (Å²) in [7, 11) is -2.14. The summed E-state index contributed by atoms with van der Waals surface area (Å²) in [6, 6.07) is 8.21. The first-order valence-electron chi connectivity index (χ1n) is 8.04. The standard InChI is InChI=1S/C18H13N3O4S3/c1-19-28(23,24)13-4-2-10(3-5-13)14-9-20-8-11-6-12(25-16(11)14)7-15-17(22)21-18(26)27-15/h2-9,19H,1H3,(H,21,22,26)/b15-7+. The molecule has 7 nitrogen and oxygen atoms in total. The van der Waals surface area contributed by atoms with E-state index in [1.54, 1.807) is 36.7 Å². The Hall–Kier alpha value is -2.53. The average Bonchev–Trinajstić information content (AvgIpc) is 3.23. The Balaban J connectivity index is 1.75. The Bertz CT molecular complexity index is 1240. The number of fused-ring (bicyclic) bond motifs is 1. The first-order valence-corrected chi connectivity index (χ1v) is 10.7. The van der Waals surface area contributed by atoms with Crippen LogP contribution in [0.2, 0.25) is 0 Å². The van der Waals surface area contributed by atoms with E-state index < -0.39 is 10.0 Å². The molecule has 4 rings (SSSR count). The number of thiocarbonyl (C=S) groups is 1. The van der Waals surface area contributed by atoms with E-state index in [2.05, 4.69) is 15.0 Å². The van der Waals surface area contributed by atoms with Crippen LogP contribution in [0.3, 0.4) is 0 Å². The Morgan fingerprint density at radius 2 is 2.00 bits per heavy atom. The summed E-state index contributed by atoms with van der Waals surface area (Å²) in [6.07, 6.45) is 4.94. The van der Waals surface area contributed by atoms with Gasteiger partial charge in [0, 0.05) is 29.4 Å². The fraction of sp³-hybridized carbons (Fsp3) is 0.0556. The molecule has 3 aromatic rings. The summed E-state index contributed by atoms with van der Waals surface area (Å²) in [5.41, 5.74) is 2.07. The second kappa shape index (κ2) is 7.13. The predicted octanol–water partition coefficient (Wildman–Crippen LogP) is 2.89. The molecule has 0 atom stereocenters. The number of hydrogen-bond donors (Lipinski definition) is 2. The van der Waals surface area contributed by atoms with Crippen molar-refractivity contribution in [2.75, 3.05) is 7.05 Å². The van der Waals surface area contributed by atoms with Gasteiger partial charge < -0.3 is 9.73 Å². The van der Waals surface area contributed by atoms with Crippen molar-refractivity contribution in [3.63, 3.8) is 0 Å². The molecule has 1 amide bonds. The first-order chi connectivity index (χ1) is 13.4. The van der Waals surface area contributed by atoms with Crippen LogP contribution in [0.5, 0.6) is 0 Å². The number of furan rings is 1. The summed E-state index contributed by atoms with van der Waals surface area (Å²) in [6.45, 7) is 0. The molecule has 3 heterocycles. The summed E-state index contributed by atoms with van der Waals surface area (Å²) in [4.78, 5) is 16.7. The van der Waals surface area contributed by atoms with Gasteiger partial charge in [-0.15, -0.1) is 0 Å². The third-order valence-corrected chi connectivity index (χ3v) is 6.69. The molecule has 0 radical (unpaired) electrons. The van der Waals surface area contributed by atoms with E-state index in [-0.39, 0.29) is 10.8 Å². The smallest absolute Gasteiger partial charge is 0.263 e. The Kier molecular flexibility index (Phi) is 4.79. The van der Waals surface area contributed by atoms with E-state index >= 15 is 0 Å². The van der Waals surface area contributed by atoms with E-state index in [4.69, 9.17) is 16.6 Å². The zero-order valence-electron chi connectivity index (χ0n) is 14.4. The highest BCUT2D eigenvalue weighted by Crippen LogP contribution is 2.33. The van der Waals surface area contributed by atoms with Crippen LogP contribution < -0.4 is 10.0 Å². The average molecular weight is 432 g/mol. The van der Waals surface area contributed by atoms with Crippen molar-refractivity contribution in [2.24, 2.45) is 0 Å². The molecule has 0 spiro atoms. The number of carbonyl (C=O) groups excluding carboxylic acids is 1. The van der Waals surface area contributed by atoms with Gasteiger partial charge in [0.15, 0.2) is 0 Å². The normalized spacial score (nSPS) is 16.1.